The number of amides is 1. The Morgan fingerprint density at radius 2 is 2.30 bits per heavy atom. The van der Waals surface area contributed by atoms with Gasteiger partial charge in [-0.1, -0.05) is 11.6 Å². The highest BCUT2D eigenvalue weighted by molar-refractivity contribution is 6.31. The van der Waals surface area contributed by atoms with E-state index < -0.39 is 0 Å². The fourth-order valence-corrected chi connectivity index (χ4v) is 3.02. The predicted octanol–water partition coefficient (Wildman–Crippen LogP) is 2.13. The first-order valence-electron chi connectivity index (χ1n) is 6.65. The summed E-state index contributed by atoms with van der Waals surface area (Å²) in [5.41, 5.74) is 1.98. The summed E-state index contributed by atoms with van der Waals surface area (Å²) in [4.78, 5) is 15.9. The lowest BCUT2D eigenvalue weighted by molar-refractivity contribution is -0.132. The molecule has 5 nitrogen and oxygen atoms in total. The largest absolute Gasteiger partial charge is 0.370 e. The van der Waals surface area contributed by atoms with Gasteiger partial charge in [-0.3, -0.25) is 9.89 Å². The minimum absolute atomic E-state index is 0.0610. The molecule has 2 heterocycles. The Labute approximate surface area is 122 Å². The van der Waals surface area contributed by atoms with Crippen LogP contribution in [-0.2, 0) is 4.79 Å². The molecule has 1 saturated heterocycles. The summed E-state index contributed by atoms with van der Waals surface area (Å²) in [5.74, 6) is 0.254. The number of nitrogens with one attached hydrogen (secondary N) is 1. The summed E-state index contributed by atoms with van der Waals surface area (Å²) in [5, 5.41) is 8.74. The second-order valence-electron chi connectivity index (χ2n) is 5.42. The second kappa shape index (κ2) is 4.98. The number of halogens is 1. The van der Waals surface area contributed by atoms with Gasteiger partial charge in [0.1, 0.15) is 0 Å². The van der Waals surface area contributed by atoms with Crippen LogP contribution in [0.3, 0.4) is 0 Å². The summed E-state index contributed by atoms with van der Waals surface area (Å²) >= 11 is 6.16. The van der Waals surface area contributed by atoms with Crippen LogP contribution in [0.25, 0.3) is 10.9 Å². The Hall–Kier alpha value is -1.75. The van der Waals surface area contributed by atoms with Crippen LogP contribution in [-0.4, -0.2) is 48.2 Å². The van der Waals surface area contributed by atoms with Crippen LogP contribution < -0.4 is 4.90 Å². The number of hydrogen-bond donors (Lipinski definition) is 1. The average Bonchev–Trinajstić information content (AvgIpc) is 3.05. The maximum absolute atomic E-state index is 12.1. The zero-order valence-electron chi connectivity index (χ0n) is 11.6. The number of H-pyrrole nitrogens is 1. The first kappa shape index (κ1) is 13.2. The lowest BCUT2D eigenvalue weighted by atomic mass is 10.1. The third-order valence-electron chi connectivity index (χ3n) is 3.82. The highest BCUT2D eigenvalue weighted by atomic mass is 35.5. The normalized spacial score (nSPS) is 18.8. The zero-order chi connectivity index (χ0) is 14.3. The number of rotatable bonds is 2. The van der Waals surface area contributed by atoms with Gasteiger partial charge in [-0.25, -0.2) is 0 Å². The molecular formula is C14H17ClN4O. The number of benzene rings is 1. The van der Waals surface area contributed by atoms with E-state index in [1.807, 2.05) is 18.3 Å². The van der Waals surface area contributed by atoms with Crippen molar-refractivity contribution in [2.75, 3.05) is 32.1 Å². The molecule has 3 rings (SSSR count). The van der Waals surface area contributed by atoms with Crippen LogP contribution in [0.1, 0.15) is 6.42 Å². The first-order chi connectivity index (χ1) is 9.56. The van der Waals surface area contributed by atoms with Gasteiger partial charge in [-0.05, 0) is 18.6 Å². The molecule has 0 radical (unpaired) electrons. The number of carbonyl (C=O) groups is 1. The summed E-state index contributed by atoms with van der Waals surface area (Å²) in [6, 6.07) is 3.81. The molecule has 1 amide bonds. The molecule has 20 heavy (non-hydrogen) atoms. The van der Waals surface area contributed by atoms with Gasteiger partial charge < -0.3 is 9.80 Å². The van der Waals surface area contributed by atoms with Crippen molar-refractivity contribution in [2.24, 2.45) is 5.92 Å². The highest BCUT2D eigenvalue weighted by Gasteiger charge is 2.30. The van der Waals surface area contributed by atoms with Crippen molar-refractivity contribution in [1.29, 1.82) is 0 Å². The summed E-state index contributed by atoms with van der Waals surface area (Å²) < 4.78 is 0. The summed E-state index contributed by atoms with van der Waals surface area (Å²) in [7, 11) is 3.61. The maximum atomic E-state index is 12.1. The molecule has 1 unspecified atom stereocenters. The Balaban J connectivity index is 1.90. The monoisotopic (exact) mass is 292 g/mol. The summed E-state index contributed by atoms with van der Waals surface area (Å²) in [6.45, 7) is 1.60. The zero-order valence-corrected chi connectivity index (χ0v) is 12.3. The van der Waals surface area contributed by atoms with Gasteiger partial charge in [0.25, 0.3) is 0 Å². The Kier molecular flexibility index (Phi) is 3.30. The van der Waals surface area contributed by atoms with Crippen molar-refractivity contribution in [3.05, 3.63) is 23.4 Å². The third-order valence-corrected chi connectivity index (χ3v) is 4.04. The molecule has 6 heteroatoms. The molecule has 1 aromatic heterocycles. The van der Waals surface area contributed by atoms with Crippen LogP contribution in [0.4, 0.5) is 5.69 Å². The van der Waals surface area contributed by atoms with Gasteiger partial charge in [-0.2, -0.15) is 5.10 Å². The number of anilines is 1. The Morgan fingerprint density at radius 3 is 3.05 bits per heavy atom. The SMILES string of the molecule is CN(C)C(=O)C1CCN(c2cc(Cl)cc3[nH]ncc23)C1. The molecule has 1 N–H and O–H groups in total. The Morgan fingerprint density at radius 1 is 1.50 bits per heavy atom. The van der Waals surface area contributed by atoms with Crippen molar-refractivity contribution in [3.8, 4) is 0 Å². The van der Waals surface area contributed by atoms with E-state index in [1.165, 1.54) is 0 Å². The number of nitrogens with zero attached hydrogens (tertiary/aromatic N) is 3. The van der Waals surface area contributed by atoms with Gasteiger partial charge >= 0.3 is 0 Å². The van der Waals surface area contributed by atoms with Crippen molar-refractivity contribution in [2.45, 2.75) is 6.42 Å². The second-order valence-corrected chi connectivity index (χ2v) is 5.86. The molecule has 0 aliphatic carbocycles. The molecule has 1 aromatic carbocycles. The van der Waals surface area contributed by atoms with Gasteiger partial charge in [0.2, 0.25) is 5.91 Å². The molecular weight excluding hydrogens is 276 g/mol. The average molecular weight is 293 g/mol. The number of aromatic nitrogens is 2. The van der Waals surface area contributed by atoms with E-state index in [0.29, 0.717) is 5.02 Å². The van der Waals surface area contributed by atoms with Gasteiger partial charge in [-0.15, -0.1) is 0 Å². The van der Waals surface area contributed by atoms with Gasteiger partial charge in [0, 0.05) is 43.3 Å². The standard InChI is InChI=1S/C14H17ClN4O/c1-18(2)14(20)9-3-4-19(8-9)13-6-10(15)5-12-11(13)7-16-17-12/h5-7,9H,3-4,8H2,1-2H3,(H,16,17). The van der Waals surface area contributed by atoms with Crippen LogP contribution in [0.5, 0.6) is 0 Å². The van der Waals surface area contributed by atoms with Crippen LogP contribution in [0.15, 0.2) is 18.3 Å². The number of hydrogen-bond acceptors (Lipinski definition) is 3. The van der Waals surface area contributed by atoms with Gasteiger partial charge in [0.15, 0.2) is 0 Å². The number of carbonyl (C=O) groups excluding carboxylic acids is 1. The fourth-order valence-electron chi connectivity index (χ4n) is 2.81. The minimum Gasteiger partial charge on any atom is -0.370 e. The molecule has 1 atom stereocenters. The van der Waals surface area contributed by atoms with Gasteiger partial charge in [0.05, 0.1) is 17.6 Å². The van der Waals surface area contributed by atoms with Crippen LogP contribution in [0, 0.1) is 5.92 Å². The van der Waals surface area contributed by atoms with E-state index in [9.17, 15) is 4.79 Å². The molecule has 1 aliphatic heterocycles. The molecule has 1 aliphatic rings. The molecule has 106 valence electrons. The van der Waals surface area contributed by atoms with E-state index in [1.54, 1.807) is 19.0 Å². The van der Waals surface area contributed by atoms with Crippen LogP contribution in [0.2, 0.25) is 5.02 Å². The highest BCUT2D eigenvalue weighted by Crippen LogP contribution is 2.33. The third kappa shape index (κ3) is 2.22. The topological polar surface area (TPSA) is 52.2 Å². The quantitative estimate of drug-likeness (QED) is 0.922. The van der Waals surface area contributed by atoms with E-state index in [2.05, 4.69) is 15.1 Å². The molecule has 0 saturated carbocycles. The van der Waals surface area contributed by atoms with Crippen molar-refractivity contribution in [3.63, 3.8) is 0 Å². The van der Waals surface area contributed by atoms with Crippen molar-refractivity contribution >= 4 is 34.1 Å². The smallest absolute Gasteiger partial charge is 0.227 e. The first-order valence-corrected chi connectivity index (χ1v) is 7.03. The lowest BCUT2D eigenvalue weighted by Gasteiger charge is -2.21. The molecule has 1 fully saturated rings. The van der Waals surface area contributed by atoms with E-state index in [4.69, 9.17) is 11.6 Å². The number of fused-ring (bicyclic) bond motifs is 1. The van der Waals surface area contributed by atoms with Crippen molar-refractivity contribution in [1.82, 2.24) is 15.1 Å². The van der Waals surface area contributed by atoms with E-state index in [-0.39, 0.29) is 11.8 Å². The summed E-state index contributed by atoms with van der Waals surface area (Å²) in [6.07, 6.45) is 2.69. The molecule has 0 spiro atoms. The lowest BCUT2D eigenvalue weighted by Crippen LogP contribution is -2.31. The van der Waals surface area contributed by atoms with E-state index >= 15 is 0 Å². The maximum Gasteiger partial charge on any atom is 0.227 e. The fraction of sp³-hybridized carbons (Fsp3) is 0.429. The van der Waals surface area contributed by atoms with Crippen molar-refractivity contribution < 1.29 is 4.79 Å². The number of aromatic amines is 1. The molecule has 0 bridgehead atoms. The molecule has 2 aromatic rings. The van der Waals surface area contributed by atoms with E-state index in [0.717, 1.165) is 36.1 Å². The predicted molar refractivity (Wildman–Crippen MR) is 80.1 cm³/mol. The Bertz CT molecular complexity index is 652. The minimum atomic E-state index is 0.0610. The van der Waals surface area contributed by atoms with Crippen LogP contribution >= 0.6 is 11.6 Å².